The van der Waals surface area contributed by atoms with Crippen LogP contribution in [0.4, 0.5) is 5.95 Å². The van der Waals surface area contributed by atoms with Crippen LogP contribution in [0.1, 0.15) is 29.3 Å². The van der Waals surface area contributed by atoms with Gasteiger partial charge >= 0.3 is 0 Å². The number of nitrogens with zero attached hydrogens (tertiary/aromatic N) is 4. The predicted octanol–water partition coefficient (Wildman–Crippen LogP) is 1.36. The van der Waals surface area contributed by atoms with Crippen molar-refractivity contribution in [2.45, 2.75) is 25.8 Å². The third-order valence-electron chi connectivity index (χ3n) is 6.20. The first kappa shape index (κ1) is 21.5. The second kappa shape index (κ2) is 9.62. The quantitative estimate of drug-likeness (QED) is 0.779. The highest BCUT2D eigenvalue weighted by molar-refractivity contribution is 5.77. The molecule has 4 rings (SSSR count). The van der Waals surface area contributed by atoms with E-state index in [1.807, 2.05) is 34.9 Å². The van der Waals surface area contributed by atoms with Crippen molar-refractivity contribution in [3.8, 4) is 0 Å². The largest absolute Gasteiger partial charge is 0.378 e. The summed E-state index contributed by atoms with van der Waals surface area (Å²) in [6.45, 7) is 6.89. The van der Waals surface area contributed by atoms with E-state index in [1.165, 1.54) is 0 Å². The average Bonchev–Trinajstić information content (AvgIpc) is 2.79. The fourth-order valence-corrected chi connectivity index (χ4v) is 4.37. The molecule has 0 saturated carbocycles. The van der Waals surface area contributed by atoms with Gasteiger partial charge in [-0.25, -0.2) is 4.98 Å². The number of anilines is 1. The summed E-state index contributed by atoms with van der Waals surface area (Å²) >= 11 is 0. The summed E-state index contributed by atoms with van der Waals surface area (Å²) in [5, 5.41) is 0. The number of carbonyl (C=O) groups is 1. The van der Waals surface area contributed by atoms with Gasteiger partial charge in [0.1, 0.15) is 0 Å². The number of morpholine rings is 1. The van der Waals surface area contributed by atoms with Gasteiger partial charge in [-0.05, 0) is 26.0 Å². The van der Waals surface area contributed by atoms with E-state index in [0.29, 0.717) is 62.9 Å². The Balaban J connectivity index is 1.45. The van der Waals surface area contributed by atoms with Gasteiger partial charge in [0.15, 0.2) is 0 Å². The number of aromatic amines is 1. The smallest absolute Gasteiger partial charge is 0.255 e. The van der Waals surface area contributed by atoms with E-state index in [4.69, 9.17) is 4.74 Å². The minimum Gasteiger partial charge on any atom is -0.378 e. The first-order chi connectivity index (χ1) is 15.0. The molecule has 2 aromatic rings. The molecule has 0 aliphatic carbocycles. The van der Waals surface area contributed by atoms with E-state index >= 15 is 0 Å². The molecule has 1 unspecified atom stereocenters. The maximum absolute atomic E-state index is 13.2. The van der Waals surface area contributed by atoms with E-state index in [0.717, 1.165) is 18.7 Å². The summed E-state index contributed by atoms with van der Waals surface area (Å²) in [6, 6.07) is 10.2. The zero-order chi connectivity index (χ0) is 21.8. The number of nitrogens with one attached hydrogen (secondary N) is 1. The summed E-state index contributed by atoms with van der Waals surface area (Å²) in [7, 11) is 2.09. The van der Waals surface area contributed by atoms with Crippen molar-refractivity contribution in [1.82, 2.24) is 19.8 Å². The normalized spacial score (nSPS) is 20.1. The van der Waals surface area contributed by atoms with E-state index < -0.39 is 0 Å². The Hall–Kier alpha value is -2.71. The molecule has 2 fully saturated rings. The first-order valence-electron chi connectivity index (χ1n) is 11.0. The van der Waals surface area contributed by atoms with Crippen molar-refractivity contribution in [2.24, 2.45) is 0 Å². The Kier molecular flexibility index (Phi) is 6.67. The van der Waals surface area contributed by atoms with Crippen LogP contribution in [-0.4, -0.2) is 78.7 Å². The third kappa shape index (κ3) is 4.97. The van der Waals surface area contributed by atoms with E-state index in [-0.39, 0.29) is 17.5 Å². The molecule has 1 atom stereocenters. The van der Waals surface area contributed by atoms with Crippen LogP contribution in [0.25, 0.3) is 0 Å². The van der Waals surface area contributed by atoms with Crippen LogP contribution in [0.2, 0.25) is 0 Å². The van der Waals surface area contributed by atoms with Gasteiger partial charge < -0.3 is 19.4 Å². The number of likely N-dealkylation sites (N-methyl/N-ethyl adjacent to an activating group) is 1. The number of hydrogen-bond acceptors (Lipinski definition) is 6. The lowest BCUT2D eigenvalue weighted by Gasteiger charge is -2.40. The fraction of sp³-hybridized carbons (Fsp3) is 0.522. The monoisotopic (exact) mass is 425 g/mol. The Labute approximate surface area is 182 Å². The van der Waals surface area contributed by atoms with E-state index in [1.54, 1.807) is 0 Å². The van der Waals surface area contributed by atoms with Crippen molar-refractivity contribution >= 4 is 11.9 Å². The van der Waals surface area contributed by atoms with Crippen LogP contribution in [0.5, 0.6) is 0 Å². The Morgan fingerprint density at radius 3 is 2.61 bits per heavy atom. The number of aryl methyl sites for hydroxylation is 1. The van der Waals surface area contributed by atoms with Crippen LogP contribution in [-0.2, 0) is 16.0 Å². The number of H-pyrrole nitrogens is 1. The van der Waals surface area contributed by atoms with Crippen molar-refractivity contribution in [1.29, 1.82) is 0 Å². The van der Waals surface area contributed by atoms with Crippen LogP contribution in [0, 0.1) is 6.92 Å². The molecule has 3 heterocycles. The minimum absolute atomic E-state index is 0.0358. The zero-order valence-corrected chi connectivity index (χ0v) is 18.3. The Morgan fingerprint density at radius 2 is 1.90 bits per heavy atom. The van der Waals surface area contributed by atoms with Crippen molar-refractivity contribution in [3.63, 3.8) is 0 Å². The van der Waals surface area contributed by atoms with Gasteiger partial charge in [-0.1, -0.05) is 30.3 Å². The highest BCUT2D eigenvalue weighted by atomic mass is 16.5. The number of hydrogen-bond donors (Lipinski definition) is 1. The van der Waals surface area contributed by atoms with Gasteiger partial charge in [0.25, 0.3) is 5.56 Å². The molecule has 2 saturated heterocycles. The molecule has 166 valence electrons. The highest BCUT2D eigenvalue weighted by Crippen LogP contribution is 2.26. The third-order valence-corrected chi connectivity index (χ3v) is 6.20. The number of carbonyl (C=O) groups excluding carboxylic acids is 1. The lowest BCUT2D eigenvalue weighted by Crippen LogP contribution is -2.49. The number of amides is 1. The maximum atomic E-state index is 13.2. The lowest BCUT2D eigenvalue weighted by atomic mass is 10.0. The molecule has 8 heteroatoms. The number of ether oxygens (including phenoxy) is 1. The van der Waals surface area contributed by atoms with Crippen molar-refractivity contribution < 1.29 is 9.53 Å². The van der Waals surface area contributed by atoms with Crippen LogP contribution in [0.3, 0.4) is 0 Å². The first-order valence-corrected chi connectivity index (χ1v) is 11.0. The SMILES string of the molecule is Cc1nc(N2CCOCC2)[nH]c(=O)c1CCC(=O)N1CCN(C)CC1c1ccccc1. The van der Waals surface area contributed by atoms with E-state index in [2.05, 4.69) is 34.0 Å². The number of benzene rings is 1. The molecule has 1 N–H and O–H groups in total. The summed E-state index contributed by atoms with van der Waals surface area (Å²) in [5.41, 5.74) is 2.28. The van der Waals surface area contributed by atoms with Crippen LogP contribution < -0.4 is 10.5 Å². The Morgan fingerprint density at radius 1 is 1.16 bits per heavy atom. The van der Waals surface area contributed by atoms with Crippen LogP contribution >= 0.6 is 0 Å². The fourth-order valence-electron chi connectivity index (χ4n) is 4.37. The topological polar surface area (TPSA) is 81.8 Å². The summed E-state index contributed by atoms with van der Waals surface area (Å²) in [4.78, 5) is 39.6. The van der Waals surface area contributed by atoms with Gasteiger partial charge in [0.05, 0.1) is 19.3 Å². The number of piperazine rings is 1. The molecule has 8 nitrogen and oxygen atoms in total. The number of rotatable bonds is 5. The molecule has 0 radical (unpaired) electrons. The molecule has 1 aromatic heterocycles. The van der Waals surface area contributed by atoms with Gasteiger partial charge in [-0.3, -0.25) is 14.6 Å². The number of aromatic nitrogens is 2. The maximum Gasteiger partial charge on any atom is 0.255 e. The second-order valence-corrected chi connectivity index (χ2v) is 8.33. The van der Waals surface area contributed by atoms with Gasteiger partial charge in [0, 0.05) is 50.4 Å². The predicted molar refractivity (Wildman–Crippen MR) is 119 cm³/mol. The molecule has 0 spiro atoms. The summed E-state index contributed by atoms with van der Waals surface area (Å²) in [5.74, 6) is 0.669. The molecular formula is C23H31N5O3. The average molecular weight is 426 g/mol. The molecule has 31 heavy (non-hydrogen) atoms. The molecule has 0 bridgehead atoms. The molecule has 2 aliphatic rings. The van der Waals surface area contributed by atoms with E-state index in [9.17, 15) is 9.59 Å². The summed E-state index contributed by atoms with van der Waals surface area (Å²) in [6.07, 6.45) is 0.694. The van der Waals surface area contributed by atoms with Gasteiger partial charge in [-0.2, -0.15) is 0 Å². The molecule has 1 aromatic carbocycles. The van der Waals surface area contributed by atoms with Gasteiger partial charge in [-0.15, -0.1) is 0 Å². The highest BCUT2D eigenvalue weighted by Gasteiger charge is 2.30. The lowest BCUT2D eigenvalue weighted by molar-refractivity contribution is -0.136. The minimum atomic E-state index is -0.153. The summed E-state index contributed by atoms with van der Waals surface area (Å²) < 4.78 is 5.37. The Bertz CT molecular complexity index is 955. The molecular weight excluding hydrogens is 394 g/mol. The van der Waals surface area contributed by atoms with Crippen LogP contribution in [0.15, 0.2) is 35.1 Å². The van der Waals surface area contributed by atoms with Crippen molar-refractivity contribution in [3.05, 3.63) is 57.5 Å². The second-order valence-electron chi connectivity index (χ2n) is 8.33. The zero-order valence-electron chi connectivity index (χ0n) is 18.3. The standard InChI is InChI=1S/C23H31N5O3/c1-17-19(22(30)25-23(24-17)27-12-14-31-15-13-27)8-9-21(29)28-11-10-26(2)16-20(28)18-6-4-3-5-7-18/h3-7,20H,8-16H2,1-2H3,(H,24,25,30). The molecule has 1 amide bonds. The molecule has 2 aliphatic heterocycles. The van der Waals surface area contributed by atoms with Gasteiger partial charge in [0.2, 0.25) is 11.9 Å². The van der Waals surface area contributed by atoms with Crippen molar-refractivity contribution in [2.75, 3.05) is 57.9 Å².